The molecule has 0 aliphatic heterocycles. The van der Waals surface area contributed by atoms with Gasteiger partial charge >= 0.3 is 5.97 Å². The summed E-state index contributed by atoms with van der Waals surface area (Å²) in [5, 5.41) is 30.4. The van der Waals surface area contributed by atoms with Crippen LogP contribution in [0, 0.1) is 22.7 Å². The minimum absolute atomic E-state index is 0.0200. The van der Waals surface area contributed by atoms with Crippen LogP contribution in [-0.4, -0.2) is 53.1 Å². The van der Waals surface area contributed by atoms with Crippen molar-refractivity contribution in [2.45, 2.75) is 100 Å². The Balaban J connectivity index is 0.000000358. The first-order valence-corrected chi connectivity index (χ1v) is 19.0. The highest BCUT2D eigenvalue weighted by Crippen LogP contribution is 2.35. The Morgan fingerprint density at radius 3 is 1.58 bits per heavy atom. The number of rotatable bonds is 11. The van der Waals surface area contributed by atoms with Gasteiger partial charge in [0.25, 0.3) is 5.91 Å². The van der Waals surface area contributed by atoms with E-state index in [9.17, 15) is 26.4 Å². The molecule has 1 fully saturated rings. The monoisotopic (exact) mass is 727 g/mol. The molecule has 1 saturated carbocycles. The topological polar surface area (TPSA) is 201 Å². The summed E-state index contributed by atoms with van der Waals surface area (Å²) in [4.78, 5) is 22.9. The van der Waals surface area contributed by atoms with Crippen molar-refractivity contribution in [2.75, 3.05) is 13.2 Å². The molecule has 1 aliphatic rings. The molecule has 0 heterocycles. The summed E-state index contributed by atoms with van der Waals surface area (Å²) in [5.41, 5.74) is 0.419. The number of carboxylic acid groups (broad SMARTS) is 1. The van der Waals surface area contributed by atoms with E-state index in [0.717, 1.165) is 48.7 Å². The third kappa shape index (κ3) is 13.0. The largest absolute Gasteiger partial charge is 0.483 e. The van der Waals surface area contributed by atoms with Crippen LogP contribution in [0.2, 0.25) is 0 Å². The minimum Gasteiger partial charge on any atom is -0.483 e. The van der Waals surface area contributed by atoms with Crippen LogP contribution < -0.4 is 14.8 Å². The number of nitrogens with one attached hydrogen (secondary N) is 1. The zero-order chi connectivity index (χ0) is 37.8. The van der Waals surface area contributed by atoms with Crippen molar-refractivity contribution in [3.8, 4) is 23.6 Å². The molecule has 0 saturated heterocycles. The lowest BCUT2D eigenvalue weighted by Gasteiger charge is -2.25. The number of allylic oxidation sites excluding steroid dienone is 2. The molecule has 0 atom stereocenters. The van der Waals surface area contributed by atoms with Crippen molar-refractivity contribution in [1.29, 1.82) is 10.5 Å². The van der Waals surface area contributed by atoms with Crippen molar-refractivity contribution >= 4 is 31.6 Å². The van der Waals surface area contributed by atoms with Gasteiger partial charge in [-0.05, 0) is 60.1 Å². The maximum atomic E-state index is 12.3. The van der Waals surface area contributed by atoms with Gasteiger partial charge in [0.1, 0.15) is 11.5 Å². The predicted octanol–water partition coefficient (Wildman–Crippen LogP) is 5.88. The lowest BCUT2D eigenvalue weighted by molar-refractivity contribution is -0.139. The van der Waals surface area contributed by atoms with Gasteiger partial charge in [0, 0.05) is 40.1 Å². The van der Waals surface area contributed by atoms with Crippen LogP contribution in [0.25, 0.3) is 0 Å². The highest BCUT2D eigenvalue weighted by Gasteiger charge is 2.25. The van der Waals surface area contributed by atoms with E-state index >= 15 is 0 Å². The number of hydrogen-bond acceptors (Lipinski definition) is 10. The number of nitriles is 2. The summed E-state index contributed by atoms with van der Waals surface area (Å²) in [6.45, 7) is 10.8. The molecule has 0 spiro atoms. The number of nitrogens with zero attached hydrogens (tertiary/aromatic N) is 2. The second kappa shape index (κ2) is 17.8. The first kappa shape index (κ1) is 41.5. The van der Waals surface area contributed by atoms with Crippen LogP contribution >= 0.6 is 0 Å². The Labute approximate surface area is 295 Å². The number of ether oxygens (including phenoxy) is 2. The zero-order valence-corrected chi connectivity index (χ0v) is 30.9. The fourth-order valence-electron chi connectivity index (χ4n) is 4.99. The standard InChI is InChI=1S/C21H28N2O4S.C15H17NO5S/c1-21(2,3)18-14-17(28(25,26)13-7-12-22)10-11-19(18)27-15-20(24)23-16-8-5-4-6-9-16;1-15(2,3)12-9-11(22(19,20)8-4-7-16)5-6-13(12)21-10-14(17)18/h7,10-11,13-14,16H,4-6,8-9,15H2,1-3H3,(H,23,24);4-6,8-9H,10H2,1-3H3,(H,17,18). The molecular formula is C36H45N3O9S2. The molecule has 270 valence electrons. The Hall–Kier alpha value is -4.66. The maximum absolute atomic E-state index is 12.3. The maximum Gasteiger partial charge on any atom is 0.341 e. The van der Waals surface area contributed by atoms with Gasteiger partial charge in [-0.25, -0.2) is 21.6 Å². The molecule has 0 aromatic heterocycles. The Bertz CT molecular complexity index is 1880. The number of amides is 1. The number of hydrogen-bond donors (Lipinski definition) is 2. The first-order chi connectivity index (χ1) is 23.2. The first-order valence-electron chi connectivity index (χ1n) is 15.9. The summed E-state index contributed by atoms with van der Waals surface area (Å²) in [6, 6.07) is 12.3. The number of carbonyl (C=O) groups is 2. The number of benzene rings is 2. The van der Waals surface area contributed by atoms with Crippen LogP contribution in [0.3, 0.4) is 0 Å². The molecule has 12 nitrogen and oxygen atoms in total. The van der Waals surface area contributed by atoms with Gasteiger partial charge in [0.15, 0.2) is 13.2 Å². The Morgan fingerprint density at radius 2 is 1.20 bits per heavy atom. The van der Waals surface area contributed by atoms with E-state index in [1.54, 1.807) is 24.3 Å². The number of carboxylic acids is 1. The molecule has 0 radical (unpaired) electrons. The average molecular weight is 728 g/mol. The van der Waals surface area contributed by atoms with Crippen molar-refractivity contribution in [3.63, 3.8) is 0 Å². The molecule has 0 bridgehead atoms. The third-order valence-corrected chi connectivity index (χ3v) is 10.3. The van der Waals surface area contributed by atoms with E-state index in [1.165, 1.54) is 30.7 Å². The summed E-state index contributed by atoms with van der Waals surface area (Å²) in [6.07, 6.45) is 7.32. The molecule has 3 rings (SSSR count). The molecule has 14 heteroatoms. The molecule has 2 aromatic carbocycles. The van der Waals surface area contributed by atoms with Gasteiger partial charge in [0.2, 0.25) is 19.7 Å². The fraction of sp³-hybridized carbons (Fsp3) is 0.444. The lowest BCUT2D eigenvalue weighted by atomic mass is 9.86. The van der Waals surface area contributed by atoms with Crippen LogP contribution in [0.5, 0.6) is 11.5 Å². The van der Waals surface area contributed by atoms with E-state index in [-0.39, 0.29) is 33.8 Å². The fourth-order valence-corrected chi connectivity index (χ4v) is 6.87. The van der Waals surface area contributed by atoms with Crippen molar-refractivity contribution in [2.24, 2.45) is 0 Å². The molecule has 2 N–H and O–H groups in total. The normalized spacial score (nSPS) is 14.2. The highest BCUT2D eigenvalue weighted by molar-refractivity contribution is 7.94. The Kier molecular flexibility index (Phi) is 14.8. The number of aliphatic carboxylic acids is 1. The summed E-state index contributed by atoms with van der Waals surface area (Å²) >= 11 is 0. The molecule has 50 heavy (non-hydrogen) atoms. The lowest BCUT2D eigenvalue weighted by Crippen LogP contribution is -2.39. The molecule has 1 aliphatic carbocycles. The quantitative estimate of drug-likeness (QED) is 0.262. The smallest absolute Gasteiger partial charge is 0.341 e. The third-order valence-electron chi connectivity index (χ3n) is 7.50. The van der Waals surface area contributed by atoms with Crippen molar-refractivity contribution in [1.82, 2.24) is 5.32 Å². The average Bonchev–Trinajstić information content (AvgIpc) is 3.04. The molecule has 2 aromatic rings. The van der Waals surface area contributed by atoms with Crippen LogP contribution in [0.1, 0.15) is 84.8 Å². The van der Waals surface area contributed by atoms with Crippen molar-refractivity contribution < 1.29 is 41.0 Å². The molecule has 1 amide bonds. The SMILES string of the molecule is CC(C)(C)c1cc(S(=O)(=O)C=CC#N)ccc1OCC(=O)NC1CCCCC1.CC(C)(C)c1cc(S(=O)(=O)C=CC#N)ccc1OCC(=O)O. The molecule has 0 unspecified atom stereocenters. The Morgan fingerprint density at radius 1 is 0.780 bits per heavy atom. The minimum atomic E-state index is -3.73. The van der Waals surface area contributed by atoms with E-state index < -0.39 is 37.7 Å². The zero-order valence-electron chi connectivity index (χ0n) is 29.2. The van der Waals surface area contributed by atoms with E-state index in [2.05, 4.69) is 5.32 Å². The van der Waals surface area contributed by atoms with Crippen LogP contribution in [0.4, 0.5) is 0 Å². The highest BCUT2D eigenvalue weighted by atomic mass is 32.2. The van der Waals surface area contributed by atoms with Gasteiger partial charge in [-0.2, -0.15) is 10.5 Å². The van der Waals surface area contributed by atoms with E-state index in [1.807, 2.05) is 41.5 Å². The summed E-state index contributed by atoms with van der Waals surface area (Å²) in [7, 11) is -7.44. The van der Waals surface area contributed by atoms with Crippen LogP contribution in [-0.2, 0) is 40.1 Å². The van der Waals surface area contributed by atoms with Gasteiger partial charge in [-0.3, -0.25) is 4.79 Å². The number of sulfone groups is 2. The van der Waals surface area contributed by atoms with Gasteiger partial charge in [0.05, 0.1) is 21.9 Å². The van der Waals surface area contributed by atoms with Gasteiger partial charge < -0.3 is 19.9 Å². The summed E-state index contributed by atoms with van der Waals surface area (Å²) in [5.74, 6) is -0.485. The summed E-state index contributed by atoms with van der Waals surface area (Å²) < 4.78 is 59.7. The van der Waals surface area contributed by atoms with Crippen LogP contribution in [0.15, 0.2) is 69.2 Å². The van der Waals surface area contributed by atoms with E-state index in [4.69, 9.17) is 25.1 Å². The second-order valence-corrected chi connectivity index (χ2v) is 17.3. The molecular weight excluding hydrogens is 683 g/mol. The van der Waals surface area contributed by atoms with Gasteiger partial charge in [-0.1, -0.05) is 60.8 Å². The van der Waals surface area contributed by atoms with E-state index in [0.29, 0.717) is 22.6 Å². The number of carbonyl (C=O) groups excluding carboxylic acids is 1. The van der Waals surface area contributed by atoms with Gasteiger partial charge in [-0.15, -0.1) is 0 Å². The van der Waals surface area contributed by atoms with Crippen molar-refractivity contribution in [3.05, 3.63) is 70.5 Å². The second-order valence-electron chi connectivity index (χ2n) is 13.6. The predicted molar refractivity (Wildman–Crippen MR) is 188 cm³/mol.